The molecule has 0 atom stereocenters. The molecule has 25 heavy (non-hydrogen) atoms. The third kappa shape index (κ3) is 4.31. The number of rotatable bonds is 6. The average Bonchev–Trinajstić information content (AvgIpc) is 2.62. The van der Waals surface area contributed by atoms with Crippen molar-refractivity contribution < 1.29 is 14.4 Å². The summed E-state index contributed by atoms with van der Waals surface area (Å²) in [6, 6.07) is 11.5. The Balaban J connectivity index is 1.78. The molecule has 3 rings (SSSR count). The van der Waals surface area contributed by atoms with Crippen LogP contribution in [0, 0.1) is 10.1 Å². The van der Waals surface area contributed by atoms with E-state index in [0.29, 0.717) is 18.9 Å². The molecule has 0 amide bonds. The Kier molecular flexibility index (Phi) is 5.57. The lowest BCUT2D eigenvalue weighted by Gasteiger charge is -2.23. The van der Waals surface area contributed by atoms with Gasteiger partial charge in [0.1, 0.15) is 5.75 Å². The van der Waals surface area contributed by atoms with E-state index in [-0.39, 0.29) is 17.4 Å². The number of non-ortho nitro benzene ring substituents is 1. The number of hydrogen-bond acceptors (Lipinski definition) is 6. The van der Waals surface area contributed by atoms with Crippen LogP contribution in [0.1, 0.15) is 16.7 Å². The molecule has 2 aromatic rings. The van der Waals surface area contributed by atoms with Gasteiger partial charge in [0.2, 0.25) is 0 Å². The van der Waals surface area contributed by atoms with Gasteiger partial charge in [0.15, 0.2) is 6.79 Å². The first-order chi connectivity index (χ1) is 12.1. The summed E-state index contributed by atoms with van der Waals surface area (Å²) in [6.07, 6.45) is 2.05. The molecule has 0 saturated heterocycles. The Hall–Kier alpha value is -2.09. The molecule has 0 unspecified atom stereocenters. The van der Waals surface area contributed by atoms with Crippen molar-refractivity contribution in [3.8, 4) is 5.75 Å². The first kappa shape index (κ1) is 17.7. The Bertz CT molecular complexity index is 764. The van der Waals surface area contributed by atoms with Gasteiger partial charge in [0, 0.05) is 41.2 Å². The molecular weight excluding hydrogens is 340 g/mol. The maximum Gasteiger partial charge on any atom is 0.270 e. The second-order valence-corrected chi connectivity index (χ2v) is 6.86. The van der Waals surface area contributed by atoms with E-state index in [9.17, 15) is 10.1 Å². The second-order valence-electron chi connectivity index (χ2n) is 5.98. The standard InChI is InChI=1S/C18H20N2O4S/c1-19(9-13-3-5-17(25-2)6-4-13)10-14-7-16(20(21)22)8-15-11-23-12-24-18(14)15/h3-8H,9-12H2,1-2H3. The molecule has 1 heterocycles. The summed E-state index contributed by atoms with van der Waals surface area (Å²) in [6.45, 7) is 1.83. The van der Waals surface area contributed by atoms with Crippen molar-refractivity contribution in [2.24, 2.45) is 0 Å². The van der Waals surface area contributed by atoms with Gasteiger partial charge in [-0.1, -0.05) is 12.1 Å². The number of nitro groups is 1. The van der Waals surface area contributed by atoms with E-state index < -0.39 is 0 Å². The Morgan fingerprint density at radius 1 is 1.24 bits per heavy atom. The fourth-order valence-corrected chi connectivity index (χ4v) is 3.30. The minimum Gasteiger partial charge on any atom is -0.467 e. The lowest BCUT2D eigenvalue weighted by atomic mass is 10.1. The molecular formula is C18H20N2O4S. The highest BCUT2D eigenvalue weighted by atomic mass is 32.2. The molecule has 0 spiro atoms. The molecule has 7 heteroatoms. The van der Waals surface area contributed by atoms with Crippen molar-refractivity contribution in [3.05, 3.63) is 63.2 Å². The summed E-state index contributed by atoms with van der Waals surface area (Å²) in [5.41, 5.74) is 2.81. The van der Waals surface area contributed by atoms with E-state index in [1.807, 2.05) is 7.05 Å². The zero-order chi connectivity index (χ0) is 17.8. The van der Waals surface area contributed by atoms with Gasteiger partial charge in [-0.05, 0) is 31.0 Å². The molecule has 0 bridgehead atoms. The van der Waals surface area contributed by atoms with Gasteiger partial charge in [-0.3, -0.25) is 15.0 Å². The molecule has 6 nitrogen and oxygen atoms in total. The van der Waals surface area contributed by atoms with Gasteiger partial charge in [-0.15, -0.1) is 11.8 Å². The molecule has 0 saturated carbocycles. The van der Waals surface area contributed by atoms with Gasteiger partial charge in [0.25, 0.3) is 5.69 Å². The van der Waals surface area contributed by atoms with Crippen LogP contribution in [-0.4, -0.2) is 29.9 Å². The van der Waals surface area contributed by atoms with Crippen LogP contribution in [0.5, 0.6) is 5.75 Å². The van der Waals surface area contributed by atoms with Crippen LogP contribution >= 0.6 is 11.8 Å². The Labute approximate surface area is 150 Å². The van der Waals surface area contributed by atoms with Gasteiger partial charge in [0.05, 0.1) is 11.5 Å². The van der Waals surface area contributed by atoms with E-state index in [1.54, 1.807) is 17.8 Å². The van der Waals surface area contributed by atoms with Crippen molar-refractivity contribution >= 4 is 17.4 Å². The van der Waals surface area contributed by atoms with Crippen LogP contribution in [0.2, 0.25) is 0 Å². The monoisotopic (exact) mass is 360 g/mol. The zero-order valence-electron chi connectivity index (χ0n) is 14.2. The van der Waals surface area contributed by atoms with E-state index >= 15 is 0 Å². The molecule has 0 aliphatic carbocycles. The number of fused-ring (bicyclic) bond motifs is 1. The van der Waals surface area contributed by atoms with Crippen LogP contribution in [0.15, 0.2) is 41.3 Å². The fourth-order valence-electron chi connectivity index (χ4n) is 2.89. The predicted octanol–water partition coefficient (Wildman–Crippen LogP) is 3.82. The molecule has 1 aliphatic rings. The topological polar surface area (TPSA) is 64.8 Å². The number of benzene rings is 2. The normalized spacial score (nSPS) is 13.4. The maximum absolute atomic E-state index is 11.2. The molecule has 0 fully saturated rings. The van der Waals surface area contributed by atoms with Crippen LogP contribution in [0.25, 0.3) is 0 Å². The third-order valence-electron chi connectivity index (χ3n) is 4.03. The summed E-state index contributed by atoms with van der Waals surface area (Å²) in [5, 5.41) is 11.2. The zero-order valence-corrected chi connectivity index (χ0v) is 15.0. The van der Waals surface area contributed by atoms with Gasteiger partial charge in [-0.2, -0.15) is 0 Å². The second kappa shape index (κ2) is 7.86. The Morgan fingerprint density at radius 3 is 2.68 bits per heavy atom. The highest BCUT2D eigenvalue weighted by Gasteiger charge is 2.21. The highest BCUT2D eigenvalue weighted by Crippen LogP contribution is 2.33. The minimum absolute atomic E-state index is 0.0700. The number of thioether (sulfide) groups is 1. The first-order valence-corrected chi connectivity index (χ1v) is 9.11. The maximum atomic E-state index is 11.2. The molecule has 0 N–H and O–H groups in total. The average molecular weight is 360 g/mol. The minimum atomic E-state index is -0.375. The van der Waals surface area contributed by atoms with Crippen LogP contribution < -0.4 is 4.74 Å². The van der Waals surface area contributed by atoms with Gasteiger partial charge >= 0.3 is 0 Å². The van der Waals surface area contributed by atoms with Gasteiger partial charge < -0.3 is 9.47 Å². The van der Waals surface area contributed by atoms with E-state index in [4.69, 9.17) is 9.47 Å². The summed E-state index contributed by atoms with van der Waals surface area (Å²) in [4.78, 5) is 14.2. The lowest BCUT2D eigenvalue weighted by molar-refractivity contribution is -0.385. The quantitative estimate of drug-likeness (QED) is 0.443. The van der Waals surface area contributed by atoms with Crippen LogP contribution in [0.4, 0.5) is 5.69 Å². The summed E-state index contributed by atoms with van der Waals surface area (Å²) in [7, 11) is 1.99. The van der Waals surface area contributed by atoms with Crippen LogP contribution in [0.3, 0.4) is 0 Å². The first-order valence-electron chi connectivity index (χ1n) is 7.89. The predicted molar refractivity (Wildman–Crippen MR) is 96.8 cm³/mol. The van der Waals surface area contributed by atoms with Crippen molar-refractivity contribution in [2.45, 2.75) is 24.6 Å². The Morgan fingerprint density at radius 2 is 2.00 bits per heavy atom. The number of ether oxygens (including phenoxy) is 2. The van der Waals surface area contributed by atoms with Crippen molar-refractivity contribution in [2.75, 3.05) is 20.1 Å². The molecule has 2 aromatic carbocycles. The SMILES string of the molecule is CSc1ccc(CN(C)Cc2cc([N+](=O)[O-])cc3c2OCOC3)cc1. The smallest absolute Gasteiger partial charge is 0.270 e. The molecule has 0 aromatic heterocycles. The fraction of sp³-hybridized carbons (Fsp3) is 0.333. The van der Waals surface area contributed by atoms with Gasteiger partial charge in [-0.25, -0.2) is 0 Å². The number of hydrogen-bond donors (Lipinski definition) is 0. The summed E-state index contributed by atoms with van der Waals surface area (Å²) < 4.78 is 10.8. The number of nitrogens with zero attached hydrogens (tertiary/aromatic N) is 2. The molecule has 132 valence electrons. The van der Waals surface area contributed by atoms with Crippen molar-refractivity contribution in [1.82, 2.24) is 4.90 Å². The third-order valence-corrected chi connectivity index (χ3v) is 4.78. The lowest BCUT2D eigenvalue weighted by Crippen LogP contribution is -2.20. The van der Waals surface area contributed by atoms with E-state index in [1.165, 1.54) is 16.5 Å². The van der Waals surface area contributed by atoms with Crippen molar-refractivity contribution in [1.29, 1.82) is 0 Å². The molecule has 0 radical (unpaired) electrons. The number of nitro benzene ring substituents is 1. The van der Waals surface area contributed by atoms with Crippen LogP contribution in [-0.2, 0) is 24.4 Å². The van der Waals surface area contributed by atoms with E-state index in [0.717, 1.165) is 17.7 Å². The summed E-state index contributed by atoms with van der Waals surface area (Å²) in [5.74, 6) is 0.710. The summed E-state index contributed by atoms with van der Waals surface area (Å²) >= 11 is 1.71. The van der Waals surface area contributed by atoms with E-state index in [2.05, 4.69) is 35.4 Å². The van der Waals surface area contributed by atoms with Crippen molar-refractivity contribution in [3.63, 3.8) is 0 Å². The highest BCUT2D eigenvalue weighted by molar-refractivity contribution is 7.98. The molecule has 1 aliphatic heterocycles. The largest absolute Gasteiger partial charge is 0.467 e.